The molecule has 3 nitrogen and oxygen atoms in total. The zero-order valence-corrected chi connectivity index (χ0v) is 11.4. The average molecular weight is 264 g/mol. The smallest absolute Gasteiger partial charge is 0.148 e. The van der Waals surface area contributed by atoms with Gasteiger partial charge in [0.2, 0.25) is 0 Å². The van der Waals surface area contributed by atoms with Crippen LogP contribution in [0.2, 0.25) is 0 Å². The Morgan fingerprint density at radius 1 is 1.25 bits per heavy atom. The lowest BCUT2D eigenvalue weighted by atomic mass is 9.70. The molecule has 2 bridgehead atoms. The lowest BCUT2D eigenvalue weighted by Crippen LogP contribution is -2.33. The van der Waals surface area contributed by atoms with Crippen LogP contribution in [-0.4, -0.2) is 10.8 Å². The third kappa shape index (κ3) is 1.46. The van der Waals surface area contributed by atoms with Crippen molar-refractivity contribution in [1.29, 1.82) is 0 Å². The summed E-state index contributed by atoms with van der Waals surface area (Å²) in [4.78, 5) is 17.2. The van der Waals surface area contributed by atoms with E-state index in [9.17, 15) is 4.79 Å². The molecule has 2 aromatic rings. The van der Waals surface area contributed by atoms with Crippen molar-refractivity contribution in [2.75, 3.05) is 5.73 Å². The van der Waals surface area contributed by atoms with Crippen LogP contribution >= 0.6 is 0 Å². The number of hydrogen-bond donors (Lipinski definition) is 1. The molecule has 1 heterocycles. The van der Waals surface area contributed by atoms with Gasteiger partial charge in [-0.3, -0.25) is 9.78 Å². The number of nitrogen functional groups attached to an aromatic ring is 1. The molecule has 100 valence electrons. The second-order valence-electron chi connectivity index (χ2n) is 5.89. The Bertz CT molecular complexity index is 776. The second kappa shape index (κ2) is 3.92. The van der Waals surface area contributed by atoms with Gasteiger partial charge >= 0.3 is 0 Å². The third-order valence-electron chi connectivity index (χ3n) is 4.53. The molecule has 4 rings (SSSR count). The number of carbonyl (C=O) groups excluding carboxylic acids is 1. The zero-order chi connectivity index (χ0) is 13.9. The molecule has 3 heteroatoms. The first kappa shape index (κ1) is 11.6. The first-order valence-corrected chi connectivity index (χ1v) is 7.03. The first-order chi connectivity index (χ1) is 9.65. The van der Waals surface area contributed by atoms with Gasteiger partial charge in [-0.25, -0.2) is 0 Å². The number of rotatable bonds is 0. The van der Waals surface area contributed by atoms with Crippen LogP contribution in [0.3, 0.4) is 0 Å². The number of pyridine rings is 1. The molecule has 2 aliphatic rings. The summed E-state index contributed by atoms with van der Waals surface area (Å²) in [6.45, 7) is 2.10. The molecule has 0 fully saturated rings. The van der Waals surface area contributed by atoms with E-state index in [0.717, 1.165) is 34.3 Å². The second-order valence-corrected chi connectivity index (χ2v) is 5.89. The van der Waals surface area contributed by atoms with Gasteiger partial charge < -0.3 is 5.73 Å². The zero-order valence-electron chi connectivity index (χ0n) is 11.4. The van der Waals surface area contributed by atoms with E-state index in [1.54, 1.807) is 0 Å². The summed E-state index contributed by atoms with van der Waals surface area (Å²) in [7, 11) is 0. The Balaban J connectivity index is 2.02. The number of anilines is 1. The molecule has 20 heavy (non-hydrogen) atoms. The number of para-hydroxylation sites is 1. The summed E-state index contributed by atoms with van der Waals surface area (Å²) in [5.74, 6) is 0.215. The van der Waals surface area contributed by atoms with Gasteiger partial charge in [0.25, 0.3) is 0 Å². The van der Waals surface area contributed by atoms with Crippen LogP contribution in [0.5, 0.6) is 0 Å². The van der Waals surface area contributed by atoms with Gasteiger partial charge in [-0.1, -0.05) is 29.8 Å². The minimum Gasteiger partial charge on any atom is -0.398 e. The van der Waals surface area contributed by atoms with Crippen LogP contribution in [0.1, 0.15) is 30.5 Å². The number of ketones is 1. The van der Waals surface area contributed by atoms with Crippen LogP contribution in [0.25, 0.3) is 10.9 Å². The highest BCUT2D eigenvalue weighted by Crippen LogP contribution is 2.44. The van der Waals surface area contributed by atoms with E-state index < -0.39 is 0 Å². The number of aromatic nitrogens is 1. The van der Waals surface area contributed by atoms with Gasteiger partial charge in [0.1, 0.15) is 5.78 Å². The van der Waals surface area contributed by atoms with Gasteiger partial charge in [-0.05, 0) is 19.4 Å². The van der Waals surface area contributed by atoms with Crippen molar-refractivity contribution in [2.24, 2.45) is 5.92 Å². The Morgan fingerprint density at radius 2 is 2.05 bits per heavy atom. The summed E-state index contributed by atoms with van der Waals surface area (Å²) >= 11 is 0. The molecule has 0 spiro atoms. The standard InChI is InChI=1S/C17H16N2O/c1-9-6-10-8-14-15(12(7-9)17(10)20)16(18)11-4-2-3-5-13(11)19-14/h2-6,10,12H,7-8H2,1H3,(H2,18,19). The fraction of sp³-hybridized carbons (Fsp3) is 0.294. The summed E-state index contributed by atoms with van der Waals surface area (Å²) in [5, 5.41) is 0.963. The molecule has 1 aromatic heterocycles. The number of allylic oxidation sites excluding steroid dienone is 2. The van der Waals surface area contributed by atoms with E-state index in [1.807, 2.05) is 24.3 Å². The van der Waals surface area contributed by atoms with Gasteiger partial charge in [-0.15, -0.1) is 0 Å². The highest BCUT2D eigenvalue weighted by Gasteiger charge is 2.39. The lowest BCUT2D eigenvalue weighted by Gasteiger charge is -2.34. The van der Waals surface area contributed by atoms with Crippen LogP contribution in [0.15, 0.2) is 35.9 Å². The fourth-order valence-electron chi connectivity index (χ4n) is 3.64. The minimum absolute atomic E-state index is 0.00527. The molecule has 0 amide bonds. The van der Waals surface area contributed by atoms with Gasteiger partial charge in [0.05, 0.1) is 11.4 Å². The largest absolute Gasteiger partial charge is 0.398 e. The Hall–Kier alpha value is -2.16. The highest BCUT2D eigenvalue weighted by molar-refractivity contribution is 5.99. The van der Waals surface area contributed by atoms with Crippen molar-refractivity contribution >= 4 is 22.4 Å². The van der Waals surface area contributed by atoms with E-state index in [2.05, 4.69) is 13.0 Å². The molecule has 0 radical (unpaired) electrons. The number of carbonyl (C=O) groups is 1. The third-order valence-corrected chi connectivity index (χ3v) is 4.53. The molecular formula is C17H16N2O. The topological polar surface area (TPSA) is 56.0 Å². The molecular weight excluding hydrogens is 248 g/mol. The lowest BCUT2D eigenvalue weighted by molar-refractivity contribution is -0.124. The maximum Gasteiger partial charge on any atom is 0.148 e. The number of benzene rings is 1. The van der Waals surface area contributed by atoms with Crippen molar-refractivity contribution in [3.8, 4) is 0 Å². The maximum atomic E-state index is 12.5. The Labute approximate surface area is 117 Å². The SMILES string of the molecule is CC1=CC2Cc3nc4ccccc4c(N)c3C(C1)C2=O. The molecule has 2 N–H and O–H groups in total. The highest BCUT2D eigenvalue weighted by atomic mass is 16.1. The van der Waals surface area contributed by atoms with E-state index in [1.165, 1.54) is 5.57 Å². The van der Waals surface area contributed by atoms with E-state index in [-0.39, 0.29) is 11.8 Å². The average Bonchev–Trinajstić information content (AvgIpc) is 2.41. The predicted molar refractivity (Wildman–Crippen MR) is 79.5 cm³/mol. The molecule has 0 saturated heterocycles. The number of Topliss-reactive ketones (excluding diaryl/α,β-unsaturated/α-hetero) is 1. The Morgan fingerprint density at radius 3 is 2.90 bits per heavy atom. The molecule has 2 unspecified atom stereocenters. The number of fused-ring (bicyclic) bond motifs is 5. The normalized spacial score (nSPS) is 24.4. The molecule has 2 aliphatic carbocycles. The van der Waals surface area contributed by atoms with E-state index >= 15 is 0 Å². The fourth-order valence-corrected chi connectivity index (χ4v) is 3.64. The summed E-state index contributed by atoms with van der Waals surface area (Å²) in [6.07, 6.45) is 3.58. The van der Waals surface area contributed by atoms with Gasteiger partial charge in [0, 0.05) is 34.7 Å². The monoisotopic (exact) mass is 264 g/mol. The summed E-state index contributed by atoms with van der Waals surface area (Å²) in [6, 6.07) is 7.91. The Kier molecular flexibility index (Phi) is 2.28. The van der Waals surface area contributed by atoms with Crippen LogP contribution < -0.4 is 5.73 Å². The van der Waals surface area contributed by atoms with Crippen molar-refractivity contribution < 1.29 is 4.79 Å². The van der Waals surface area contributed by atoms with Crippen LogP contribution in [0, 0.1) is 5.92 Å². The maximum absolute atomic E-state index is 12.5. The van der Waals surface area contributed by atoms with Gasteiger partial charge in [-0.2, -0.15) is 0 Å². The predicted octanol–water partition coefficient (Wildman–Crippen LogP) is 2.99. The van der Waals surface area contributed by atoms with E-state index in [0.29, 0.717) is 12.2 Å². The first-order valence-electron chi connectivity index (χ1n) is 7.03. The van der Waals surface area contributed by atoms with Crippen molar-refractivity contribution in [3.05, 3.63) is 47.2 Å². The van der Waals surface area contributed by atoms with Crippen molar-refractivity contribution in [1.82, 2.24) is 4.98 Å². The van der Waals surface area contributed by atoms with Crippen LogP contribution in [-0.2, 0) is 11.2 Å². The number of hydrogen-bond acceptors (Lipinski definition) is 3. The van der Waals surface area contributed by atoms with Crippen LogP contribution in [0.4, 0.5) is 5.69 Å². The summed E-state index contributed by atoms with van der Waals surface area (Å²) < 4.78 is 0. The number of nitrogens with zero attached hydrogens (tertiary/aromatic N) is 1. The molecule has 2 atom stereocenters. The summed E-state index contributed by atoms with van der Waals surface area (Å²) in [5.41, 5.74) is 11.3. The van der Waals surface area contributed by atoms with Crippen molar-refractivity contribution in [3.63, 3.8) is 0 Å². The molecule has 0 saturated carbocycles. The quantitative estimate of drug-likeness (QED) is 0.744. The minimum atomic E-state index is -0.0918. The number of nitrogens with two attached hydrogens (primary N) is 1. The molecule has 1 aromatic carbocycles. The van der Waals surface area contributed by atoms with E-state index in [4.69, 9.17) is 10.7 Å². The molecule has 0 aliphatic heterocycles. The van der Waals surface area contributed by atoms with Gasteiger partial charge in [0.15, 0.2) is 0 Å². The van der Waals surface area contributed by atoms with Crippen molar-refractivity contribution in [2.45, 2.75) is 25.7 Å².